The van der Waals surface area contributed by atoms with Crippen molar-refractivity contribution in [2.45, 2.75) is 6.54 Å². The van der Waals surface area contributed by atoms with Gasteiger partial charge in [0.05, 0.1) is 22.1 Å². The zero-order chi connectivity index (χ0) is 18.5. The summed E-state index contributed by atoms with van der Waals surface area (Å²) in [5.74, 6) is -0.873. The third-order valence-corrected chi connectivity index (χ3v) is 4.71. The molecule has 0 spiro atoms. The van der Waals surface area contributed by atoms with Crippen molar-refractivity contribution in [3.8, 4) is 5.69 Å². The smallest absolute Gasteiger partial charge is 0.338 e. The molecule has 2 heterocycles. The van der Waals surface area contributed by atoms with Crippen LogP contribution in [0.25, 0.3) is 5.69 Å². The first-order valence-corrected chi connectivity index (χ1v) is 8.71. The van der Waals surface area contributed by atoms with Crippen molar-refractivity contribution in [2.24, 2.45) is 0 Å². The fourth-order valence-electron chi connectivity index (χ4n) is 2.11. The summed E-state index contributed by atoms with van der Waals surface area (Å²) in [5.41, 5.74) is 1.04. The molecule has 3 aromatic rings. The lowest BCUT2D eigenvalue weighted by Crippen LogP contribution is -2.30. The van der Waals surface area contributed by atoms with E-state index in [1.807, 2.05) is 6.07 Å². The Balaban J connectivity index is 1.52. The molecular weight excluding hydrogens is 378 g/mol. The highest BCUT2D eigenvalue weighted by molar-refractivity contribution is 7.16. The van der Waals surface area contributed by atoms with Crippen molar-refractivity contribution >= 4 is 34.8 Å². The first-order chi connectivity index (χ1) is 12.5. The van der Waals surface area contributed by atoms with Crippen molar-refractivity contribution < 1.29 is 14.3 Å². The van der Waals surface area contributed by atoms with E-state index in [-0.39, 0.29) is 12.5 Å². The van der Waals surface area contributed by atoms with E-state index in [0.29, 0.717) is 22.1 Å². The van der Waals surface area contributed by atoms with Gasteiger partial charge in [-0.25, -0.2) is 9.48 Å². The highest BCUT2D eigenvalue weighted by Gasteiger charge is 2.14. The first-order valence-electron chi connectivity index (χ1n) is 7.51. The fourth-order valence-corrected chi connectivity index (χ4v) is 3.25. The van der Waals surface area contributed by atoms with Crippen molar-refractivity contribution in [1.29, 1.82) is 0 Å². The van der Waals surface area contributed by atoms with Gasteiger partial charge in [0, 0.05) is 11.9 Å². The molecule has 0 bridgehead atoms. The molecule has 0 aliphatic heterocycles. The molecule has 0 saturated carbocycles. The molecule has 3 rings (SSSR count). The zero-order valence-corrected chi connectivity index (χ0v) is 15.3. The van der Waals surface area contributed by atoms with Gasteiger partial charge in [0.15, 0.2) is 6.61 Å². The fraction of sp³-hybridized carbons (Fsp3) is 0.188. The summed E-state index contributed by atoms with van der Waals surface area (Å²) in [4.78, 5) is 26.6. The molecule has 26 heavy (non-hydrogen) atoms. The molecule has 0 saturated heterocycles. The normalized spacial score (nSPS) is 10.5. The predicted octanol–water partition coefficient (Wildman–Crippen LogP) is 2.19. The third-order valence-electron chi connectivity index (χ3n) is 3.49. The number of nitrogens with zero attached hydrogens (tertiary/aromatic N) is 5. The molecule has 1 aromatic carbocycles. The number of thiophene rings is 1. The van der Waals surface area contributed by atoms with Gasteiger partial charge in [0.25, 0.3) is 5.91 Å². The average molecular weight is 392 g/mol. The highest BCUT2D eigenvalue weighted by Crippen LogP contribution is 2.22. The van der Waals surface area contributed by atoms with Gasteiger partial charge in [-0.3, -0.25) is 4.79 Å². The Morgan fingerprint density at radius 3 is 2.62 bits per heavy atom. The van der Waals surface area contributed by atoms with E-state index in [2.05, 4.69) is 15.5 Å². The number of aromatic nitrogens is 4. The summed E-state index contributed by atoms with van der Waals surface area (Å²) in [6.07, 6.45) is 1.45. The second kappa shape index (κ2) is 8.07. The number of likely N-dealkylation sites (N-methyl/N-ethyl adjacent to an activating group) is 1. The van der Waals surface area contributed by atoms with E-state index < -0.39 is 5.97 Å². The summed E-state index contributed by atoms with van der Waals surface area (Å²) < 4.78 is 7.21. The van der Waals surface area contributed by atoms with Crippen molar-refractivity contribution in [3.05, 3.63) is 57.5 Å². The van der Waals surface area contributed by atoms with Gasteiger partial charge in [-0.05, 0) is 46.8 Å². The van der Waals surface area contributed by atoms with Gasteiger partial charge in [-0.2, -0.15) is 0 Å². The third kappa shape index (κ3) is 4.44. The number of carbonyl (C=O) groups excluding carboxylic acids is 2. The number of rotatable bonds is 6. The molecule has 134 valence electrons. The lowest BCUT2D eigenvalue weighted by molar-refractivity contribution is -0.133. The maximum Gasteiger partial charge on any atom is 0.338 e. The Bertz CT molecular complexity index is 895. The van der Waals surface area contributed by atoms with Gasteiger partial charge in [-0.1, -0.05) is 11.6 Å². The van der Waals surface area contributed by atoms with Crippen LogP contribution in [0.2, 0.25) is 4.34 Å². The van der Waals surface area contributed by atoms with Gasteiger partial charge >= 0.3 is 5.97 Å². The monoisotopic (exact) mass is 391 g/mol. The molecule has 0 fully saturated rings. The molecule has 0 atom stereocenters. The van der Waals surface area contributed by atoms with Crippen molar-refractivity contribution in [2.75, 3.05) is 13.7 Å². The topological polar surface area (TPSA) is 90.2 Å². The minimum absolute atomic E-state index is 0.298. The molecule has 0 radical (unpaired) electrons. The van der Waals surface area contributed by atoms with Gasteiger partial charge < -0.3 is 9.64 Å². The summed E-state index contributed by atoms with van der Waals surface area (Å²) >= 11 is 7.27. The van der Waals surface area contributed by atoms with E-state index in [9.17, 15) is 9.59 Å². The van der Waals surface area contributed by atoms with Gasteiger partial charge in [0.2, 0.25) is 0 Å². The van der Waals surface area contributed by atoms with Gasteiger partial charge in [0.1, 0.15) is 6.33 Å². The summed E-state index contributed by atoms with van der Waals surface area (Å²) in [7, 11) is 1.64. The molecule has 0 aliphatic rings. The maximum atomic E-state index is 12.1. The quantitative estimate of drug-likeness (QED) is 0.598. The van der Waals surface area contributed by atoms with E-state index in [4.69, 9.17) is 16.3 Å². The molecule has 0 aliphatic carbocycles. The molecule has 2 aromatic heterocycles. The van der Waals surface area contributed by atoms with Crippen LogP contribution in [0.4, 0.5) is 0 Å². The number of hydrogen-bond donors (Lipinski definition) is 0. The first kappa shape index (κ1) is 18.0. The largest absolute Gasteiger partial charge is 0.452 e. The Morgan fingerprint density at radius 2 is 2.00 bits per heavy atom. The Hall–Kier alpha value is -2.78. The van der Waals surface area contributed by atoms with Crippen LogP contribution in [0, 0.1) is 0 Å². The second-order valence-electron chi connectivity index (χ2n) is 5.33. The molecule has 0 unspecified atom stereocenters. The second-order valence-corrected chi connectivity index (χ2v) is 7.13. The van der Waals surface area contributed by atoms with Crippen molar-refractivity contribution in [1.82, 2.24) is 25.1 Å². The van der Waals surface area contributed by atoms with Crippen LogP contribution in [0.3, 0.4) is 0 Å². The number of benzene rings is 1. The summed E-state index contributed by atoms with van der Waals surface area (Å²) in [6, 6.07) is 10.2. The SMILES string of the molecule is CN(Cc1ccc(Cl)s1)C(=O)COC(=O)c1ccc(-n2cnnn2)cc1. The van der Waals surface area contributed by atoms with E-state index in [0.717, 1.165) is 4.88 Å². The number of ether oxygens (including phenoxy) is 1. The van der Waals surface area contributed by atoms with Crippen LogP contribution < -0.4 is 0 Å². The lowest BCUT2D eigenvalue weighted by atomic mass is 10.2. The van der Waals surface area contributed by atoms with Crippen LogP contribution in [0.1, 0.15) is 15.2 Å². The van der Waals surface area contributed by atoms with Crippen LogP contribution in [-0.4, -0.2) is 50.6 Å². The summed E-state index contributed by atoms with van der Waals surface area (Å²) in [6.45, 7) is 0.0809. The van der Waals surface area contributed by atoms with E-state index in [1.54, 1.807) is 37.4 Å². The number of esters is 1. The zero-order valence-electron chi connectivity index (χ0n) is 13.7. The van der Waals surface area contributed by atoms with Crippen LogP contribution in [0.15, 0.2) is 42.7 Å². The van der Waals surface area contributed by atoms with Crippen LogP contribution in [0.5, 0.6) is 0 Å². The Labute approximate surface area is 157 Å². The Morgan fingerprint density at radius 1 is 1.23 bits per heavy atom. The minimum atomic E-state index is -0.575. The summed E-state index contributed by atoms with van der Waals surface area (Å²) in [5, 5.41) is 10.8. The molecule has 8 nitrogen and oxygen atoms in total. The molecule has 0 N–H and O–H groups in total. The van der Waals surface area contributed by atoms with Gasteiger partial charge in [-0.15, -0.1) is 16.4 Å². The number of tetrazole rings is 1. The Kier molecular flexibility index (Phi) is 5.59. The maximum absolute atomic E-state index is 12.1. The van der Waals surface area contributed by atoms with E-state index in [1.165, 1.54) is 27.2 Å². The van der Waals surface area contributed by atoms with E-state index >= 15 is 0 Å². The molecule has 1 amide bonds. The number of carbonyl (C=O) groups is 2. The predicted molar refractivity (Wildman–Crippen MR) is 95.2 cm³/mol. The lowest BCUT2D eigenvalue weighted by Gasteiger charge is -2.16. The van der Waals surface area contributed by atoms with Crippen LogP contribution >= 0.6 is 22.9 Å². The number of amides is 1. The number of halogens is 1. The minimum Gasteiger partial charge on any atom is -0.452 e. The molecule has 10 heteroatoms. The van der Waals surface area contributed by atoms with Crippen LogP contribution in [-0.2, 0) is 16.1 Å². The highest BCUT2D eigenvalue weighted by atomic mass is 35.5. The number of hydrogen-bond acceptors (Lipinski definition) is 7. The molecular formula is C16H14ClN5O3S. The van der Waals surface area contributed by atoms with Crippen molar-refractivity contribution in [3.63, 3.8) is 0 Å². The standard InChI is InChI=1S/C16H14ClN5O3S/c1-21(8-13-6-7-14(17)26-13)15(23)9-25-16(24)11-2-4-12(5-3-11)22-10-18-19-20-22/h2-7,10H,8-9H2,1H3. The average Bonchev–Trinajstić information content (AvgIpc) is 3.31.